The molecule has 0 saturated heterocycles. The molecule has 0 spiro atoms. The van der Waals surface area contributed by atoms with Gasteiger partial charge >= 0.3 is 15.3 Å². The van der Waals surface area contributed by atoms with Crippen LogP contribution in [0.4, 0.5) is 4.79 Å². The molecule has 0 atom stereocenters. The quantitative estimate of drug-likeness (QED) is 0.262. The van der Waals surface area contributed by atoms with E-state index in [4.69, 9.17) is 23.7 Å². The molecule has 2 aromatic carbocycles. The van der Waals surface area contributed by atoms with Gasteiger partial charge in [0, 0.05) is 19.7 Å². The number of hydrogen-bond donors (Lipinski definition) is 1. The highest BCUT2D eigenvalue weighted by Gasteiger charge is 2.23. The van der Waals surface area contributed by atoms with Gasteiger partial charge < -0.3 is 23.7 Å². The van der Waals surface area contributed by atoms with E-state index in [0.717, 1.165) is 37.0 Å². The number of ether oxygens (including phenoxy) is 5. The predicted octanol–water partition coefficient (Wildman–Crippen LogP) is 4.49. The SMILES string of the molecule is COCCOc1ccc(CCCOC(=O)S(=O)(=O)NCCOc2ccccc2)c(OC2CCCCC2)c1. The van der Waals surface area contributed by atoms with Crippen molar-refractivity contribution in [2.24, 2.45) is 0 Å². The minimum absolute atomic E-state index is 0.0325. The van der Waals surface area contributed by atoms with E-state index in [-0.39, 0.29) is 25.9 Å². The lowest BCUT2D eigenvalue weighted by atomic mass is 9.97. The number of methoxy groups -OCH3 is 1. The predicted molar refractivity (Wildman–Crippen MR) is 140 cm³/mol. The van der Waals surface area contributed by atoms with Crippen molar-refractivity contribution in [2.45, 2.75) is 51.0 Å². The molecule has 1 aliphatic rings. The molecule has 37 heavy (non-hydrogen) atoms. The van der Waals surface area contributed by atoms with Crippen molar-refractivity contribution in [1.82, 2.24) is 4.72 Å². The first kappa shape index (κ1) is 28.7. The molecule has 1 aliphatic carbocycles. The second kappa shape index (κ2) is 15.4. The first-order chi connectivity index (χ1) is 18.0. The lowest BCUT2D eigenvalue weighted by Crippen LogP contribution is -2.34. The van der Waals surface area contributed by atoms with Crippen molar-refractivity contribution in [3.63, 3.8) is 0 Å². The number of para-hydroxylation sites is 1. The fraction of sp³-hybridized carbons (Fsp3) is 0.519. The second-order valence-corrected chi connectivity index (χ2v) is 10.4. The van der Waals surface area contributed by atoms with Crippen molar-refractivity contribution in [2.75, 3.05) is 40.1 Å². The van der Waals surface area contributed by atoms with E-state index in [1.807, 2.05) is 36.4 Å². The van der Waals surface area contributed by atoms with Gasteiger partial charge in [-0.3, -0.25) is 0 Å². The minimum atomic E-state index is -4.25. The summed E-state index contributed by atoms with van der Waals surface area (Å²) in [4.78, 5) is 12.1. The molecule has 0 radical (unpaired) electrons. The summed E-state index contributed by atoms with van der Waals surface area (Å²) in [5.74, 6) is 2.07. The molecule has 2 aromatic rings. The maximum Gasteiger partial charge on any atom is 0.439 e. The molecule has 3 rings (SSSR count). The van der Waals surface area contributed by atoms with Crippen molar-refractivity contribution in [3.8, 4) is 17.2 Å². The van der Waals surface area contributed by atoms with Crippen molar-refractivity contribution >= 4 is 15.3 Å². The van der Waals surface area contributed by atoms with E-state index in [9.17, 15) is 13.2 Å². The monoisotopic (exact) mass is 535 g/mol. The largest absolute Gasteiger partial charge is 0.492 e. The smallest absolute Gasteiger partial charge is 0.439 e. The molecule has 0 aliphatic heterocycles. The summed E-state index contributed by atoms with van der Waals surface area (Å²) in [6.07, 6.45) is 6.76. The van der Waals surface area contributed by atoms with E-state index < -0.39 is 15.3 Å². The summed E-state index contributed by atoms with van der Waals surface area (Å²) >= 11 is 0. The van der Waals surface area contributed by atoms with E-state index in [0.29, 0.717) is 37.6 Å². The van der Waals surface area contributed by atoms with Crippen LogP contribution in [0, 0.1) is 0 Å². The van der Waals surface area contributed by atoms with Crippen LogP contribution >= 0.6 is 0 Å². The lowest BCUT2D eigenvalue weighted by molar-refractivity contribution is 0.142. The molecule has 0 aromatic heterocycles. The Hall–Kier alpha value is -2.82. The van der Waals surface area contributed by atoms with Gasteiger partial charge in [-0.2, -0.15) is 0 Å². The molecule has 0 unspecified atom stereocenters. The van der Waals surface area contributed by atoms with Crippen LogP contribution in [-0.2, 0) is 25.9 Å². The zero-order chi connectivity index (χ0) is 26.3. The number of benzene rings is 2. The summed E-state index contributed by atoms with van der Waals surface area (Å²) in [6.45, 7) is 0.937. The molecule has 0 heterocycles. The van der Waals surface area contributed by atoms with Gasteiger partial charge in [0.2, 0.25) is 0 Å². The van der Waals surface area contributed by atoms with Gasteiger partial charge in [-0.1, -0.05) is 30.7 Å². The van der Waals surface area contributed by atoms with Gasteiger partial charge in [0.25, 0.3) is 0 Å². The van der Waals surface area contributed by atoms with E-state index in [1.54, 1.807) is 19.2 Å². The molecule has 204 valence electrons. The molecule has 0 amide bonds. The highest BCUT2D eigenvalue weighted by atomic mass is 32.2. The number of aryl methyl sites for hydroxylation is 1. The Morgan fingerprint density at radius 1 is 0.919 bits per heavy atom. The van der Waals surface area contributed by atoms with Gasteiger partial charge in [0.1, 0.15) is 30.5 Å². The Balaban J connectivity index is 1.45. The average molecular weight is 536 g/mol. The summed E-state index contributed by atoms with van der Waals surface area (Å²) in [5, 5.41) is -1.30. The fourth-order valence-corrected chi connectivity index (χ4v) is 4.67. The Labute approximate surface area is 219 Å². The van der Waals surface area contributed by atoms with Gasteiger partial charge in [-0.05, 0) is 62.3 Å². The molecular weight excluding hydrogens is 498 g/mol. The van der Waals surface area contributed by atoms with Crippen LogP contribution in [0.2, 0.25) is 0 Å². The van der Waals surface area contributed by atoms with E-state index >= 15 is 0 Å². The number of carbonyl (C=O) groups excluding carboxylic acids is 1. The highest BCUT2D eigenvalue weighted by molar-refractivity contribution is 8.04. The topological polar surface area (TPSA) is 109 Å². The highest BCUT2D eigenvalue weighted by Crippen LogP contribution is 2.30. The van der Waals surface area contributed by atoms with Gasteiger partial charge in [-0.25, -0.2) is 17.9 Å². The number of rotatable bonds is 15. The molecule has 1 fully saturated rings. The summed E-state index contributed by atoms with van der Waals surface area (Å²) in [7, 11) is -2.62. The Morgan fingerprint density at radius 2 is 1.68 bits per heavy atom. The van der Waals surface area contributed by atoms with Gasteiger partial charge in [0.05, 0.1) is 19.3 Å². The summed E-state index contributed by atoms with van der Waals surface area (Å²) < 4.78 is 54.0. The second-order valence-electron chi connectivity index (χ2n) is 8.75. The first-order valence-electron chi connectivity index (χ1n) is 12.7. The van der Waals surface area contributed by atoms with Crippen molar-refractivity contribution in [1.29, 1.82) is 0 Å². The van der Waals surface area contributed by atoms with Crippen LogP contribution < -0.4 is 18.9 Å². The van der Waals surface area contributed by atoms with Crippen molar-refractivity contribution < 1.29 is 36.9 Å². The molecular formula is C27H37NO8S. The van der Waals surface area contributed by atoms with E-state index in [2.05, 4.69) is 4.72 Å². The maximum absolute atomic E-state index is 12.1. The normalized spacial score (nSPS) is 14.2. The van der Waals surface area contributed by atoms with Crippen LogP contribution in [0.25, 0.3) is 0 Å². The number of carbonyl (C=O) groups is 1. The maximum atomic E-state index is 12.1. The van der Waals surface area contributed by atoms with E-state index in [1.165, 1.54) is 6.42 Å². The Bertz CT molecular complexity index is 1060. The number of hydrogen-bond acceptors (Lipinski definition) is 8. The Morgan fingerprint density at radius 3 is 2.43 bits per heavy atom. The summed E-state index contributed by atoms with van der Waals surface area (Å²) in [6, 6.07) is 14.7. The molecule has 10 heteroatoms. The van der Waals surface area contributed by atoms with Crippen LogP contribution in [0.5, 0.6) is 17.2 Å². The third-order valence-electron chi connectivity index (χ3n) is 5.88. The fourth-order valence-electron chi connectivity index (χ4n) is 3.96. The molecule has 9 nitrogen and oxygen atoms in total. The van der Waals surface area contributed by atoms with Crippen LogP contribution in [0.3, 0.4) is 0 Å². The standard InChI is InChI=1S/C27H37NO8S/c1-32-19-20-34-25-15-14-22(26(21-25)36-24-12-6-3-7-13-24)9-8-17-35-27(29)37(30,31)28-16-18-33-23-10-4-2-5-11-23/h2,4-5,10-11,14-15,21,24,28H,3,6-9,12-13,16-20H2,1H3. The van der Waals surface area contributed by atoms with Gasteiger partial charge in [0.15, 0.2) is 0 Å². The van der Waals surface area contributed by atoms with Crippen LogP contribution in [0.15, 0.2) is 48.5 Å². The molecule has 1 N–H and O–H groups in total. The Kier molecular flexibility index (Phi) is 12.0. The minimum Gasteiger partial charge on any atom is -0.492 e. The zero-order valence-electron chi connectivity index (χ0n) is 21.4. The number of sulfonamides is 1. The third kappa shape index (κ3) is 10.2. The van der Waals surface area contributed by atoms with Crippen LogP contribution in [-0.4, -0.2) is 59.9 Å². The first-order valence-corrected chi connectivity index (χ1v) is 14.2. The third-order valence-corrected chi connectivity index (χ3v) is 7.02. The van der Waals surface area contributed by atoms with Crippen LogP contribution in [0.1, 0.15) is 44.1 Å². The lowest BCUT2D eigenvalue weighted by Gasteiger charge is -2.24. The van der Waals surface area contributed by atoms with Crippen molar-refractivity contribution in [3.05, 3.63) is 54.1 Å². The summed E-state index contributed by atoms with van der Waals surface area (Å²) in [5.41, 5.74) is 0.958. The zero-order valence-corrected chi connectivity index (χ0v) is 22.2. The average Bonchev–Trinajstić information content (AvgIpc) is 2.91. The molecule has 0 bridgehead atoms. The number of nitrogens with one attached hydrogen (secondary N) is 1. The van der Waals surface area contributed by atoms with Gasteiger partial charge in [-0.15, -0.1) is 0 Å². The molecule has 1 saturated carbocycles.